The highest BCUT2D eigenvalue weighted by atomic mass is 32.1. The lowest BCUT2D eigenvalue weighted by atomic mass is 10.1. The van der Waals surface area contributed by atoms with Gasteiger partial charge in [0.25, 0.3) is 0 Å². The summed E-state index contributed by atoms with van der Waals surface area (Å²) in [6.45, 7) is 1.86. The standard InChI is InChI=1S/C13H13N7OS/c1-8-17-18-13(22-8)16-12(21)7-20-11(6-15-19-20)9-2-4-10(14)5-3-9/h2-6H,7,14H2,1H3,(H,16,18,21). The molecule has 2 heterocycles. The van der Waals surface area contributed by atoms with Gasteiger partial charge in [-0.2, -0.15) is 0 Å². The van der Waals surface area contributed by atoms with Crippen LogP contribution in [0.4, 0.5) is 10.8 Å². The fourth-order valence-electron chi connectivity index (χ4n) is 1.89. The molecule has 112 valence electrons. The van der Waals surface area contributed by atoms with E-state index in [0.29, 0.717) is 10.8 Å². The van der Waals surface area contributed by atoms with Gasteiger partial charge < -0.3 is 5.73 Å². The van der Waals surface area contributed by atoms with Crippen LogP contribution >= 0.6 is 11.3 Å². The van der Waals surface area contributed by atoms with Crippen LogP contribution in [0, 0.1) is 6.92 Å². The van der Waals surface area contributed by atoms with Crippen molar-refractivity contribution >= 4 is 28.1 Å². The second kappa shape index (κ2) is 5.90. The summed E-state index contributed by atoms with van der Waals surface area (Å²) >= 11 is 1.32. The zero-order valence-corrected chi connectivity index (χ0v) is 12.5. The van der Waals surface area contributed by atoms with Crippen molar-refractivity contribution in [1.82, 2.24) is 25.2 Å². The number of nitrogens with zero attached hydrogens (tertiary/aromatic N) is 5. The molecule has 3 N–H and O–H groups in total. The Balaban J connectivity index is 1.74. The van der Waals surface area contributed by atoms with E-state index in [2.05, 4.69) is 25.8 Å². The molecule has 3 aromatic rings. The van der Waals surface area contributed by atoms with Crippen LogP contribution in [0.3, 0.4) is 0 Å². The molecule has 0 saturated carbocycles. The van der Waals surface area contributed by atoms with E-state index in [4.69, 9.17) is 5.73 Å². The monoisotopic (exact) mass is 315 g/mol. The van der Waals surface area contributed by atoms with Crippen molar-refractivity contribution in [3.63, 3.8) is 0 Å². The quantitative estimate of drug-likeness (QED) is 0.702. The number of carbonyl (C=O) groups excluding carboxylic acids is 1. The van der Waals surface area contributed by atoms with Gasteiger partial charge in [-0.1, -0.05) is 28.7 Å². The summed E-state index contributed by atoms with van der Waals surface area (Å²) in [5.41, 5.74) is 7.97. The topological polar surface area (TPSA) is 112 Å². The van der Waals surface area contributed by atoms with Gasteiger partial charge >= 0.3 is 0 Å². The second-order valence-electron chi connectivity index (χ2n) is 4.57. The fraction of sp³-hybridized carbons (Fsp3) is 0.154. The Morgan fingerprint density at radius 2 is 2.09 bits per heavy atom. The first kappa shape index (κ1) is 14.1. The lowest BCUT2D eigenvalue weighted by Gasteiger charge is -2.06. The molecule has 0 unspecified atom stereocenters. The van der Waals surface area contributed by atoms with Crippen LogP contribution in [-0.4, -0.2) is 31.1 Å². The van der Waals surface area contributed by atoms with Gasteiger partial charge in [0, 0.05) is 11.3 Å². The van der Waals surface area contributed by atoms with Crippen molar-refractivity contribution in [3.05, 3.63) is 35.5 Å². The molecule has 0 fully saturated rings. The van der Waals surface area contributed by atoms with Crippen LogP contribution in [0.25, 0.3) is 11.3 Å². The summed E-state index contributed by atoms with van der Waals surface area (Å²) < 4.78 is 1.52. The highest BCUT2D eigenvalue weighted by Gasteiger charge is 2.12. The molecule has 0 spiro atoms. The van der Waals surface area contributed by atoms with Crippen LogP contribution in [0.2, 0.25) is 0 Å². The normalized spacial score (nSPS) is 10.6. The van der Waals surface area contributed by atoms with Gasteiger partial charge in [-0.25, -0.2) is 4.68 Å². The molecule has 0 radical (unpaired) electrons. The average Bonchev–Trinajstić information content (AvgIpc) is 3.09. The summed E-state index contributed by atoms with van der Waals surface area (Å²) in [6.07, 6.45) is 1.61. The number of carbonyl (C=O) groups is 1. The Hall–Kier alpha value is -2.81. The highest BCUT2D eigenvalue weighted by molar-refractivity contribution is 7.15. The lowest BCUT2D eigenvalue weighted by molar-refractivity contribution is -0.116. The van der Waals surface area contributed by atoms with Crippen LogP contribution < -0.4 is 11.1 Å². The molecule has 0 saturated heterocycles. The number of aryl methyl sites for hydroxylation is 1. The number of anilines is 2. The zero-order valence-electron chi connectivity index (χ0n) is 11.7. The largest absolute Gasteiger partial charge is 0.399 e. The molecule has 3 rings (SSSR count). The summed E-state index contributed by atoms with van der Waals surface area (Å²) in [4.78, 5) is 12.0. The van der Waals surface area contributed by atoms with Gasteiger partial charge in [-0.15, -0.1) is 15.3 Å². The molecule has 9 heteroatoms. The van der Waals surface area contributed by atoms with Crippen molar-refractivity contribution in [1.29, 1.82) is 0 Å². The number of nitrogens with one attached hydrogen (secondary N) is 1. The number of rotatable bonds is 4. The van der Waals surface area contributed by atoms with Crippen molar-refractivity contribution < 1.29 is 4.79 Å². The molecule has 0 aliphatic heterocycles. The molecule has 0 aliphatic carbocycles. The first-order valence-electron chi connectivity index (χ1n) is 6.46. The number of benzene rings is 1. The van der Waals surface area contributed by atoms with Gasteiger partial charge in [0.15, 0.2) is 0 Å². The molecule has 22 heavy (non-hydrogen) atoms. The summed E-state index contributed by atoms with van der Waals surface area (Å²) in [7, 11) is 0. The summed E-state index contributed by atoms with van der Waals surface area (Å²) in [6, 6.07) is 7.29. The molecule has 0 aliphatic rings. The fourth-order valence-corrected chi connectivity index (χ4v) is 2.50. The minimum atomic E-state index is -0.238. The SMILES string of the molecule is Cc1nnc(NC(=O)Cn2nncc2-c2ccc(N)cc2)s1. The van der Waals surface area contributed by atoms with Crippen LogP contribution in [-0.2, 0) is 11.3 Å². The maximum absolute atomic E-state index is 12.0. The minimum Gasteiger partial charge on any atom is -0.399 e. The maximum atomic E-state index is 12.0. The number of aromatic nitrogens is 5. The maximum Gasteiger partial charge on any atom is 0.248 e. The number of nitrogen functional groups attached to an aromatic ring is 1. The van der Waals surface area contributed by atoms with Crippen molar-refractivity contribution in [2.75, 3.05) is 11.1 Å². The summed E-state index contributed by atoms with van der Waals surface area (Å²) in [5.74, 6) is -0.238. The molecule has 0 bridgehead atoms. The third-order valence-electron chi connectivity index (χ3n) is 2.89. The Bertz CT molecular complexity index is 793. The van der Waals surface area contributed by atoms with E-state index in [0.717, 1.165) is 16.3 Å². The second-order valence-corrected chi connectivity index (χ2v) is 5.75. The number of hydrogen-bond acceptors (Lipinski definition) is 7. The Labute approximate surface area is 130 Å². The van der Waals surface area contributed by atoms with Gasteiger partial charge in [-0.05, 0) is 19.1 Å². The van der Waals surface area contributed by atoms with Crippen molar-refractivity contribution in [2.24, 2.45) is 0 Å². The third kappa shape index (κ3) is 3.09. The van der Waals surface area contributed by atoms with E-state index in [1.54, 1.807) is 18.3 Å². The highest BCUT2D eigenvalue weighted by Crippen LogP contribution is 2.19. The predicted octanol–water partition coefficient (Wildman–Crippen LogP) is 1.33. The van der Waals surface area contributed by atoms with Gasteiger partial charge in [0.1, 0.15) is 11.6 Å². The molecular weight excluding hydrogens is 302 g/mol. The first-order valence-corrected chi connectivity index (χ1v) is 7.28. The Kier molecular flexibility index (Phi) is 3.79. The minimum absolute atomic E-state index is 0.0400. The number of hydrogen-bond donors (Lipinski definition) is 2. The van der Waals surface area contributed by atoms with Crippen molar-refractivity contribution in [2.45, 2.75) is 13.5 Å². The van der Waals surface area contributed by atoms with Crippen LogP contribution in [0.5, 0.6) is 0 Å². The van der Waals surface area contributed by atoms with E-state index < -0.39 is 0 Å². The van der Waals surface area contributed by atoms with Crippen LogP contribution in [0.15, 0.2) is 30.5 Å². The van der Waals surface area contributed by atoms with Crippen molar-refractivity contribution in [3.8, 4) is 11.3 Å². The Morgan fingerprint density at radius 3 is 2.77 bits per heavy atom. The van der Waals surface area contributed by atoms with Gasteiger partial charge in [0.05, 0.1) is 11.9 Å². The zero-order chi connectivity index (χ0) is 15.5. The molecular formula is C13H13N7OS. The predicted molar refractivity (Wildman–Crippen MR) is 83.1 cm³/mol. The van der Waals surface area contributed by atoms with E-state index in [-0.39, 0.29) is 12.5 Å². The number of nitrogens with two attached hydrogens (primary N) is 1. The van der Waals surface area contributed by atoms with E-state index in [1.165, 1.54) is 16.0 Å². The van der Waals surface area contributed by atoms with Gasteiger partial charge in [-0.3, -0.25) is 10.1 Å². The lowest BCUT2D eigenvalue weighted by Crippen LogP contribution is -2.20. The number of amides is 1. The first-order chi connectivity index (χ1) is 10.6. The Morgan fingerprint density at radius 1 is 1.32 bits per heavy atom. The molecule has 1 aromatic carbocycles. The van der Waals surface area contributed by atoms with E-state index >= 15 is 0 Å². The molecule has 0 atom stereocenters. The van der Waals surface area contributed by atoms with E-state index in [9.17, 15) is 4.79 Å². The summed E-state index contributed by atoms with van der Waals surface area (Å²) in [5, 5.41) is 19.5. The third-order valence-corrected chi connectivity index (χ3v) is 3.64. The smallest absolute Gasteiger partial charge is 0.248 e. The molecule has 8 nitrogen and oxygen atoms in total. The molecule has 1 amide bonds. The molecule has 2 aromatic heterocycles. The van der Waals surface area contributed by atoms with Crippen LogP contribution in [0.1, 0.15) is 5.01 Å². The van der Waals surface area contributed by atoms with Gasteiger partial charge in [0.2, 0.25) is 11.0 Å². The average molecular weight is 315 g/mol. The van der Waals surface area contributed by atoms with E-state index in [1.807, 2.05) is 19.1 Å².